The van der Waals surface area contributed by atoms with Crippen molar-refractivity contribution >= 4 is 116 Å². The van der Waals surface area contributed by atoms with E-state index in [1.807, 2.05) is 0 Å². The molecule has 0 aliphatic heterocycles. The van der Waals surface area contributed by atoms with Gasteiger partial charge in [0, 0.05) is 0 Å². The third kappa shape index (κ3) is 8.50. The molecule has 0 amide bonds. The van der Waals surface area contributed by atoms with Gasteiger partial charge >= 0.3 is 116 Å². The highest BCUT2D eigenvalue weighted by Gasteiger charge is 2.67. The lowest BCUT2D eigenvalue weighted by Gasteiger charge is -2.17. The molecule has 34 heavy (non-hydrogen) atoms. The monoisotopic (exact) mass is 510 g/mol. The van der Waals surface area contributed by atoms with Crippen LogP contribution in [-0.2, 0) is 0 Å². The lowest BCUT2D eigenvalue weighted by atomic mass is 8.75. The summed E-state index contributed by atoms with van der Waals surface area (Å²) in [5.74, 6) is 0. The molecule has 0 heterocycles. The summed E-state index contributed by atoms with van der Waals surface area (Å²) >= 11 is 0. The molecule has 2 radical (unpaired) electrons. The number of halogens is 17. The van der Waals surface area contributed by atoms with Gasteiger partial charge in [-0.25, -0.2) is 0 Å². The van der Waals surface area contributed by atoms with Crippen LogP contribution in [0.5, 0.6) is 0 Å². The molecule has 0 unspecified atom stereocenters. The molecule has 0 aromatic heterocycles. The molecule has 0 atom stereocenters. The Morgan fingerprint density at radius 2 is 0.353 bits per heavy atom. The first kappa shape index (κ1) is 33.9. The summed E-state index contributed by atoms with van der Waals surface area (Å²) in [6.45, 7) is -61.0. The van der Waals surface area contributed by atoms with Crippen molar-refractivity contribution in [1.29, 1.82) is 0 Å². The predicted octanol–water partition coefficient (Wildman–Crippen LogP) is 0.670. The second kappa shape index (κ2) is 15.2. The van der Waals surface area contributed by atoms with E-state index < -0.39 is 116 Å². The first-order chi connectivity index (χ1) is 15.6. The Bertz CT molecular complexity index is 510. The highest BCUT2D eigenvalue weighted by Crippen LogP contribution is 2.19. The maximum Gasteiger partial charge on any atom is 0.350 e. The van der Waals surface area contributed by atoms with Gasteiger partial charge in [0.2, 0.25) is 0 Å². The smallest absolute Gasteiger partial charge is 0.350 e. The first-order valence-corrected chi connectivity index (χ1v) is 9.04. The Labute approximate surface area is 190 Å². The Morgan fingerprint density at radius 1 is 0.235 bits per heavy atom. The summed E-state index contributed by atoms with van der Waals surface area (Å²) in [7, 11) is -2.31. The molecule has 0 N–H and O–H groups in total. The largest absolute Gasteiger partial charge is 0.350 e. The summed E-state index contributed by atoms with van der Waals surface area (Å²) in [6.07, 6.45) is 0. The quantitative estimate of drug-likeness (QED) is 0.213. The minimum Gasteiger partial charge on any atom is -0.350 e. The predicted molar refractivity (Wildman–Crippen MR) is 117 cm³/mol. The van der Waals surface area contributed by atoms with Crippen LogP contribution >= 0.6 is 0 Å². The normalized spacial score (nSPS) is 9.91. The van der Waals surface area contributed by atoms with Crippen LogP contribution in [0, 0.1) is 0 Å². The van der Waals surface area contributed by atoms with E-state index in [1.54, 1.807) is 0 Å². The maximum absolute atomic E-state index is 13.7. The van der Waals surface area contributed by atoms with Crippen LogP contribution < -0.4 is 0 Å². The molecule has 0 nitrogen and oxygen atoms in total. The highest BCUT2D eigenvalue weighted by atomic mass is 19.2. The minimum absolute atomic E-state index is 1.16. The summed E-state index contributed by atoms with van der Waals surface area (Å²) in [5, 5.41) is 0. The Hall–Kier alpha value is -0.0861. The van der Waals surface area contributed by atoms with Crippen LogP contribution in [0.15, 0.2) is 0 Å². The molecule has 0 aliphatic rings. The molecule has 0 aliphatic carbocycles. The van der Waals surface area contributed by atoms with Gasteiger partial charge in [0.1, 0.15) is 0 Å². The van der Waals surface area contributed by atoms with Gasteiger partial charge in [-0.3, -0.25) is 0 Å². The van der Waals surface area contributed by atoms with Gasteiger partial charge in [-0.2, -0.15) is 0 Å². The van der Waals surface area contributed by atoms with E-state index in [1.165, 1.54) is 0 Å². The van der Waals surface area contributed by atoms with E-state index in [-0.39, 0.29) is 0 Å². The van der Waals surface area contributed by atoms with Gasteiger partial charge in [0.15, 0.2) is 0 Å². The summed E-state index contributed by atoms with van der Waals surface area (Å²) in [4.78, 5) is 0. The van der Waals surface area contributed by atoms with E-state index in [4.69, 9.17) is 0 Å². The van der Waals surface area contributed by atoms with E-state index in [0.717, 1.165) is 0 Å². The SMILES string of the molecule is F[B]B(F)B(F)B(F)B(F)B(F)B(F)B(F)B(F)B(F)B(F)B(F)B(F)B(F)B(F)B(F)[B]F. The molecule has 0 fully saturated rings. The van der Waals surface area contributed by atoms with E-state index in [0.29, 0.717) is 0 Å². The van der Waals surface area contributed by atoms with Crippen molar-refractivity contribution in [2.24, 2.45) is 0 Å². The minimum atomic E-state index is -4.35. The fourth-order valence-electron chi connectivity index (χ4n) is 2.42. The summed E-state index contributed by atoms with van der Waals surface area (Å²) < 4.78 is 223. The lowest BCUT2D eigenvalue weighted by molar-refractivity contribution is 0.775. The van der Waals surface area contributed by atoms with E-state index in [9.17, 15) is 73.4 Å². The fraction of sp³-hybridized carbons (Fsp3) is 0. The molecule has 0 bridgehead atoms. The Kier molecular flexibility index (Phi) is 15.2. The average Bonchev–Trinajstić information content (AvgIpc) is 2.85. The van der Waals surface area contributed by atoms with Gasteiger partial charge < -0.3 is 73.4 Å². The maximum atomic E-state index is 13.7. The summed E-state index contributed by atoms with van der Waals surface area (Å²) in [5.41, 5.74) is 0. The van der Waals surface area contributed by atoms with Gasteiger partial charge in [-0.1, -0.05) is 0 Å². The lowest BCUT2D eigenvalue weighted by Crippen LogP contribution is -2.67. The van der Waals surface area contributed by atoms with Crippen molar-refractivity contribution in [3.63, 3.8) is 0 Å². The molecule has 0 spiro atoms. The molecular formula is B17F17. The Morgan fingerprint density at radius 3 is 0.471 bits per heavy atom. The second-order valence-corrected chi connectivity index (χ2v) is 6.92. The van der Waals surface area contributed by atoms with Crippen LogP contribution in [0.3, 0.4) is 0 Å². The third-order valence-electron chi connectivity index (χ3n) is 4.50. The van der Waals surface area contributed by atoms with Crippen molar-refractivity contribution in [2.75, 3.05) is 0 Å². The Balaban J connectivity index is 5.26. The molecule has 0 aromatic carbocycles. The molecule has 0 saturated carbocycles. The number of rotatable bonds is 16. The van der Waals surface area contributed by atoms with Crippen LogP contribution in [-0.4, -0.2) is 116 Å². The fourth-order valence-corrected chi connectivity index (χ4v) is 2.42. The molecule has 170 valence electrons. The van der Waals surface area contributed by atoms with Crippen LogP contribution in [0.4, 0.5) is 73.4 Å². The highest BCUT2D eigenvalue weighted by molar-refractivity contribution is 7.89. The van der Waals surface area contributed by atoms with Gasteiger partial charge in [-0.05, 0) is 0 Å². The zero-order valence-corrected chi connectivity index (χ0v) is 16.2. The molecule has 0 saturated heterocycles. The van der Waals surface area contributed by atoms with Crippen molar-refractivity contribution in [1.82, 2.24) is 0 Å². The molecule has 0 rings (SSSR count). The number of hydrogen-bond acceptors (Lipinski definition) is 0. The zero-order chi connectivity index (χ0) is 27.1. The van der Waals surface area contributed by atoms with Crippen molar-refractivity contribution < 1.29 is 73.4 Å². The second-order valence-electron chi connectivity index (χ2n) is 6.92. The first-order valence-electron chi connectivity index (χ1n) is 9.04. The van der Waals surface area contributed by atoms with Crippen LogP contribution in [0.25, 0.3) is 0 Å². The molecular weight excluding hydrogens is 507 g/mol. The van der Waals surface area contributed by atoms with E-state index in [2.05, 4.69) is 0 Å². The van der Waals surface area contributed by atoms with Crippen molar-refractivity contribution in [2.45, 2.75) is 0 Å². The van der Waals surface area contributed by atoms with Crippen LogP contribution in [0.1, 0.15) is 0 Å². The standard InChI is InChI=1S/B17F17/c18-1-3(20)5(22)7(24)9(26)11(28)13(30)15(32)17(34)16(33)14(31)12(29)10(27)8(25)6(23)4(21)2-19. The molecule has 0 aromatic rings. The topological polar surface area (TPSA) is 0 Å². The van der Waals surface area contributed by atoms with Crippen molar-refractivity contribution in [3.05, 3.63) is 0 Å². The zero-order valence-electron chi connectivity index (χ0n) is 16.2. The summed E-state index contributed by atoms with van der Waals surface area (Å²) in [6, 6.07) is 0. The van der Waals surface area contributed by atoms with Crippen LogP contribution in [0.2, 0.25) is 0 Å². The number of hydrogen-bond donors (Lipinski definition) is 0. The molecule has 34 heteroatoms. The van der Waals surface area contributed by atoms with Gasteiger partial charge in [0.05, 0.1) is 0 Å². The third-order valence-corrected chi connectivity index (χ3v) is 4.50. The average molecular weight is 507 g/mol. The van der Waals surface area contributed by atoms with Crippen molar-refractivity contribution in [3.8, 4) is 0 Å². The van der Waals surface area contributed by atoms with Gasteiger partial charge in [0.25, 0.3) is 0 Å². The van der Waals surface area contributed by atoms with Gasteiger partial charge in [-0.15, -0.1) is 0 Å². The van der Waals surface area contributed by atoms with E-state index >= 15 is 0 Å².